The Bertz CT molecular complexity index is 1050. The summed E-state index contributed by atoms with van der Waals surface area (Å²) in [6, 6.07) is 11.4. The Morgan fingerprint density at radius 2 is 1.97 bits per heavy atom. The van der Waals surface area contributed by atoms with E-state index in [1.54, 1.807) is 20.4 Å². The molecule has 2 aromatic heterocycles. The van der Waals surface area contributed by atoms with Gasteiger partial charge in [0, 0.05) is 30.6 Å². The molecule has 2 atom stereocenters. The molecule has 3 heterocycles. The molecule has 1 unspecified atom stereocenters. The number of pyridine rings is 2. The van der Waals surface area contributed by atoms with Gasteiger partial charge in [0.15, 0.2) is 11.5 Å². The lowest BCUT2D eigenvalue weighted by atomic mass is 10.0. The van der Waals surface area contributed by atoms with Crippen LogP contribution >= 0.6 is 0 Å². The first-order valence-electron chi connectivity index (χ1n) is 9.50. The number of hydrogen-bond donors (Lipinski definition) is 1. The van der Waals surface area contributed by atoms with Gasteiger partial charge in [-0.15, -0.1) is 0 Å². The Morgan fingerprint density at radius 1 is 1.14 bits per heavy atom. The first-order chi connectivity index (χ1) is 14.1. The van der Waals surface area contributed by atoms with Gasteiger partial charge in [-0.25, -0.2) is 4.98 Å². The van der Waals surface area contributed by atoms with E-state index in [0.29, 0.717) is 30.3 Å². The zero-order chi connectivity index (χ0) is 20.4. The highest BCUT2D eigenvalue weighted by molar-refractivity contribution is 5.87. The van der Waals surface area contributed by atoms with Crippen molar-refractivity contribution in [3.05, 3.63) is 42.6 Å². The molecule has 150 valence electrons. The summed E-state index contributed by atoms with van der Waals surface area (Å²) in [6.45, 7) is 2.59. The molecular weight excluding hydrogens is 370 g/mol. The average Bonchev–Trinajstić information content (AvgIpc) is 3.19. The summed E-state index contributed by atoms with van der Waals surface area (Å²) in [4.78, 5) is 20.8. The van der Waals surface area contributed by atoms with E-state index in [9.17, 15) is 4.79 Å². The van der Waals surface area contributed by atoms with Crippen molar-refractivity contribution in [2.45, 2.75) is 19.4 Å². The predicted molar refractivity (Wildman–Crippen MR) is 109 cm³/mol. The van der Waals surface area contributed by atoms with Crippen LogP contribution in [0.2, 0.25) is 0 Å². The third-order valence-corrected chi connectivity index (χ3v) is 5.21. The molecule has 0 saturated carbocycles. The highest BCUT2D eigenvalue weighted by Gasteiger charge is 2.28. The van der Waals surface area contributed by atoms with E-state index in [1.807, 2.05) is 43.3 Å². The fourth-order valence-corrected chi connectivity index (χ4v) is 3.51. The molecule has 0 bridgehead atoms. The molecule has 1 saturated heterocycles. The number of amides is 1. The molecule has 1 N–H and O–H groups in total. The number of hydrogen-bond acceptors (Lipinski definition) is 6. The second-order valence-corrected chi connectivity index (χ2v) is 7.04. The van der Waals surface area contributed by atoms with Crippen LogP contribution in [0.5, 0.6) is 17.4 Å². The lowest BCUT2D eigenvalue weighted by molar-refractivity contribution is -0.119. The maximum absolute atomic E-state index is 11.6. The van der Waals surface area contributed by atoms with Crippen LogP contribution in [0, 0.1) is 5.92 Å². The van der Waals surface area contributed by atoms with Crippen molar-refractivity contribution in [1.82, 2.24) is 15.3 Å². The first kappa shape index (κ1) is 19.0. The fourth-order valence-electron chi connectivity index (χ4n) is 3.51. The van der Waals surface area contributed by atoms with E-state index in [1.165, 1.54) is 0 Å². The van der Waals surface area contributed by atoms with Gasteiger partial charge in [-0.1, -0.05) is 0 Å². The number of nitrogens with zero attached hydrogens (tertiary/aromatic N) is 2. The summed E-state index contributed by atoms with van der Waals surface area (Å²) in [5.74, 6) is 1.95. The van der Waals surface area contributed by atoms with Gasteiger partial charge in [0.25, 0.3) is 0 Å². The molecule has 0 aliphatic carbocycles. The molecule has 7 nitrogen and oxygen atoms in total. The third-order valence-electron chi connectivity index (χ3n) is 5.21. The minimum atomic E-state index is -0.162. The largest absolute Gasteiger partial charge is 0.493 e. The number of ether oxygens (including phenoxy) is 3. The number of aromatic nitrogens is 2. The van der Waals surface area contributed by atoms with Gasteiger partial charge < -0.3 is 19.5 Å². The molecule has 1 aliphatic rings. The van der Waals surface area contributed by atoms with Crippen LogP contribution in [-0.2, 0) is 4.79 Å². The molecule has 29 heavy (non-hydrogen) atoms. The monoisotopic (exact) mass is 393 g/mol. The smallest absolute Gasteiger partial charge is 0.223 e. The van der Waals surface area contributed by atoms with Crippen molar-refractivity contribution < 1.29 is 19.0 Å². The maximum Gasteiger partial charge on any atom is 0.223 e. The zero-order valence-corrected chi connectivity index (χ0v) is 16.6. The van der Waals surface area contributed by atoms with Crippen molar-refractivity contribution in [3.8, 4) is 28.6 Å². The van der Waals surface area contributed by atoms with E-state index in [0.717, 1.165) is 22.2 Å². The third kappa shape index (κ3) is 3.81. The molecule has 1 aliphatic heterocycles. The lowest BCUT2D eigenvalue weighted by Crippen LogP contribution is -2.26. The van der Waals surface area contributed by atoms with Gasteiger partial charge in [-0.05, 0) is 43.3 Å². The van der Waals surface area contributed by atoms with Crippen molar-refractivity contribution in [1.29, 1.82) is 0 Å². The van der Waals surface area contributed by atoms with Crippen LogP contribution < -0.4 is 19.5 Å². The Morgan fingerprint density at radius 3 is 2.69 bits per heavy atom. The van der Waals surface area contributed by atoms with Crippen LogP contribution in [0.1, 0.15) is 13.3 Å². The molecule has 0 radical (unpaired) electrons. The highest BCUT2D eigenvalue weighted by atomic mass is 16.5. The normalized spacial score (nSPS) is 17.1. The standard InChI is InChI=1S/C22H23N3O4/c1-13(15-10-21(26)24-12-15)29-22-16-5-4-8-23-18(16)11-17(25-22)14-6-7-19(27-2)20(9-14)28-3/h4-9,11,13,15H,10,12H2,1-3H3,(H,24,26)/t13-,15?/m0/s1. The van der Waals surface area contributed by atoms with Crippen molar-refractivity contribution in [2.24, 2.45) is 5.92 Å². The van der Waals surface area contributed by atoms with Gasteiger partial charge in [-0.3, -0.25) is 9.78 Å². The molecule has 3 aromatic rings. The number of fused-ring (bicyclic) bond motifs is 1. The minimum absolute atomic E-state index is 0.0593. The van der Waals surface area contributed by atoms with Gasteiger partial charge >= 0.3 is 0 Å². The van der Waals surface area contributed by atoms with Crippen molar-refractivity contribution in [2.75, 3.05) is 20.8 Å². The number of methoxy groups -OCH3 is 2. The number of carbonyl (C=O) groups is 1. The summed E-state index contributed by atoms with van der Waals surface area (Å²) >= 11 is 0. The topological polar surface area (TPSA) is 82.6 Å². The Kier molecular flexibility index (Phi) is 5.20. The predicted octanol–water partition coefficient (Wildman–Crippen LogP) is 3.22. The van der Waals surface area contributed by atoms with Gasteiger partial charge in [0.1, 0.15) is 6.10 Å². The van der Waals surface area contributed by atoms with E-state index in [4.69, 9.17) is 19.2 Å². The quantitative estimate of drug-likeness (QED) is 0.692. The summed E-state index contributed by atoms with van der Waals surface area (Å²) in [5, 5.41) is 3.69. The Hall–Kier alpha value is -3.35. The SMILES string of the molecule is COc1ccc(-c2cc3ncccc3c(O[C@@H](C)C3CNC(=O)C3)n2)cc1OC. The Balaban J connectivity index is 1.74. The van der Waals surface area contributed by atoms with E-state index in [2.05, 4.69) is 10.3 Å². The number of benzene rings is 1. The molecule has 1 amide bonds. The number of rotatable bonds is 6. The Labute approximate surface area is 169 Å². The van der Waals surface area contributed by atoms with Gasteiger partial charge in [-0.2, -0.15) is 0 Å². The number of carbonyl (C=O) groups excluding carboxylic acids is 1. The maximum atomic E-state index is 11.6. The number of nitrogens with one attached hydrogen (secondary N) is 1. The molecule has 4 rings (SSSR count). The summed E-state index contributed by atoms with van der Waals surface area (Å²) in [5.41, 5.74) is 2.38. The zero-order valence-electron chi connectivity index (χ0n) is 16.6. The summed E-state index contributed by atoms with van der Waals surface area (Å²) < 4.78 is 17.0. The summed E-state index contributed by atoms with van der Waals surface area (Å²) in [7, 11) is 3.20. The van der Waals surface area contributed by atoms with Crippen LogP contribution in [0.25, 0.3) is 22.2 Å². The second kappa shape index (κ2) is 7.95. The van der Waals surface area contributed by atoms with Crippen LogP contribution in [0.15, 0.2) is 42.6 Å². The molecule has 0 spiro atoms. The first-order valence-corrected chi connectivity index (χ1v) is 9.50. The van der Waals surface area contributed by atoms with Crippen LogP contribution in [0.3, 0.4) is 0 Å². The van der Waals surface area contributed by atoms with Gasteiger partial charge in [0.05, 0.1) is 30.8 Å². The van der Waals surface area contributed by atoms with Crippen molar-refractivity contribution >= 4 is 16.8 Å². The molecule has 1 fully saturated rings. The average molecular weight is 393 g/mol. The van der Waals surface area contributed by atoms with Crippen molar-refractivity contribution in [3.63, 3.8) is 0 Å². The van der Waals surface area contributed by atoms with E-state index < -0.39 is 0 Å². The minimum Gasteiger partial charge on any atom is -0.493 e. The summed E-state index contributed by atoms with van der Waals surface area (Å²) in [6.07, 6.45) is 2.05. The molecule has 7 heteroatoms. The highest BCUT2D eigenvalue weighted by Crippen LogP contribution is 2.34. The van der Waals surface area contributed by atoms with Crippen LogP contribution in [0.4, 0.5) is 0 Å². The fraction of sp³-hybridized carbons (Fsp3) is 0.318. The molecule has 1 aromatic carbocycles. The van der Waals surface area contributed by atoms with Gasteiger partial charge in [0.2, 0.25) is 11.8 Å². The van der Waals surface area contributed by atoms with E-state index in [-0.39, 0.29) is 17.9 Å². The second-order valence-electron chi connectivity index (χ2n) is 7.04. The van der Waals surface area contributed by atoms with Crippen LogP contribution in [-0.4, -0.2) is 42.7 Å². The lowest BCUT2D eigenvalue weighted by Gasteiger charge is -2.20. The molecular formula is C22H23N3O4. The van der Waals surface area contributed by atoms with E-state index >= 15 is 0 Å².